The van der Waals surface area contributed by atoms with Crippen molar-refractivity contribution in [3.05, 3.63) is 90.0 Å². The Bertz CT molecular complexity index is 1400. The third kappa shape index (κ3) is 7.53. The van der Waals surface area contributed by atoms with Crippen molar-refractivity contribution in [3.63, 3.8) is 0 Å². The molecule has 0 fully saturated rings. The van der Waals surface area contributed by atoms with E-state index in [-0.39, 0.29) is 37.7 Å². The minimum Gasteiger partial charge on any atom is -0.486 e. The lowest BCUT2D eigenvalue weighted by atomic mass is 10.0. The SMILES string of the molecule is CNC(=O)[C@@H](Cc1ccccc1)N(Cc1ccccc1)C(=O)CCCN(c1ccc2c(c1)OCCO2)S(C)(=O)=O. The summed E-state index contributed by atoms with van der Waals surface area (Å²) in [6.45, 7) is 1.16. The Morgan fingerprint density at radius 1 is 0.900 bits per heavy atom. The number of carbonyl (C=O) groups is 2. The minimum absolute atomic E-state index is 0.0612. The minimum atomic E-state index is -3.64. The van der Waals surface area contributed by atoms with Crippen molar-refractivity contribution in [1.82, 2.24) is 10.2 Å². The highest BCUT2D eigenvalue weighted by Gasteiger charge is 2.30. The molecule has 1 aliphatic rings. The van der Waals surface area contributed by atoms with E-state index in [0.29, 0.717) is 36.8 Å². The Morgan fingerprint density at radius 2 is 1.52 bits per heavy atom. The van der Waals surface area contributed by atoms with Crippen LogP contribution in [0.1, 0.15) is 24.0 Å². The van der Waals surface area contributed by atoms with E-state index in [9.17, 15) is 18.0 Å². The lowest BCUT2D eigenvalue weighted by molar-refractivity contribution is -0.141. The summed E-state index contributed by atoms with van der Waals surface area (Å²) in [7, 11) is -2.08. The largest absolute Gasteiger partial charge is 0.486 e. The molecular formula is C30H35N3O6S. The van der Waals surface area contributed by atoms with Crippen molar-refractivity contribution in [3.8, 4) is 11.5 Å². The molecule has 0 aromatic heterocycles. The number of nitrogens with one attached hydrogen (secondary N) is 1. The average molecular weight is 566 g/mol. The Morgan fingerprint density at radius 3 is 2.15 bits per heavy atom. The van der Waals surface area contributed by atoms with Gasteiger partial charge in [-0.2, -0.15) is 0 Å². The van der Waals surface area contributed by atoms with Crippen LogP contribution in [0, 0.1) is 0 Å². The van der Waals surface area contributed by atoms with Crippen LogP contribution in [0.2, 0.25) is 0 Å². The van der Waals surface area contributed by atoms with Gasteiger partial charge in [0.05, 0.1) is 11.9 Å². The van der Waals surface area contributed by atoms with Gasteiger partial charge in [0.2, 0.25) is 21.8 Å². The Hall–Kier alpha value is -4.05. The number of hydrogen-bond donors (Lipinski definition) is 1. The highest BCUT2D eigenvalue weighted by atomic mass is 32.2. The molecule has 0 bridgehead atoms. The molecule has 0 saturated heterocycles. The van der Waals surface area contributed by atoms with Gasteiger partial charge in [0, 0.05) is 39.0 Å². The maximum Gasteiger partial charge on any atom is 0.242 e. The number of amides is 2. The summed E-state index contributed by atoms with van der Waals surface area (Å²) in [6.07, 6.45) is 1.81. The fourth-order valence-electron chi connectivity index (χ4n) is 4.69. The smallest absolute Gasteiger partial charge is 0.242 e. The van der Waals surface area contributed by atoms with Crippen LogP contribution in [-0.2, 0) is 32.6 Å². The van der Waals surface area contributed by atoms with Crippen LogP contribution < -0.4 is 19.1 Å². The number of sulfonamides is 1. The van der Waals surface area contributed by atoms with Crippen LogP contribution >= 0.6 is 0 Å². The average Bonchev–Trinajstić information content (AvgIpc) is 2.96. The predicted molar refractivity (Wildman–Crippen MR) is 154 cm³/mol. The highest BCUT2D eigenvalue weighted by molar-refractivity contribution is 7.92. The fourth-order valence-corrected chi connectivity index (χ4v) is 5.65. The highest BCUT2D eigenvalue weighted by Crippen LogP contribution is 2.34. The van der Waals surface area contributed by atoms with E-state index in [0.717, 1.165) is 17.4 Å². The molecule has 0 radical (unpaired) electrons. The molecule has 3 aromatic carbocycles. The summed E-state index contributed by atoms with van der Waals surface area (Å²) in [5.74, 6) is 0.553. The van der Waals surface area contributed by atoms with Crippen molar-refractivity contribution in [2.75, 3.05) is 37.4 Å². The van der Waals surface area contributed by atoms with Crippen molar-refractivity contribution in [1.29, 1.82) is 0 Å². The third-order valence-corrected chi connectivity index (χ3v) is 7.87. The number of rotatable bonds is 12. The van der Waals surface area contributed by atoms with E-state index < -0.39 is 16.1 Å². The molecule has 212 valence electrons. The maximum absolute atomic E-state index is 13.7. The molecule has 4 rings (SSSR count). The van der Waals surface area contributed by atoms with E-state index in [1.54, 1.807) is 30.1 Å². The van der Waals surface area contributed by atoms with Gasteiger partial charge in [-0.05, 0) is 29.7 Å². The van der Waals surface area contributed by atoms with Gasteiger partial charge in [0.1, 0.15) is 19.3 Å². The monoisotopic (exact) mass is 565 g/mol. The molecule has 1 atom stereocenters. The lowest BCUT2D eigenvalue weighted by Crippen LogP contribution is -2.49. The van der Waals surface area contributed by atoms with Crippen molar-refractivity contribution < 1.29 is 27.5 Å². The third-order valence-electron chi connectivity index (χ3n) is 6.68. The van der Waals surface area contributed by atoms with E-state index in [2.05, 4.69) is 5.32 Å². The van der Waals surface area contributed by atoms with Gasteiger partial charge in [-0.1, -0.05) is 60.7 Å². The van der Waals surface area contributed by atoms with Gasteiger partial charge in [-0.25, -0.2) is 8.42 Å². The fraction of sp³-hybridized carbons (Fsp3) is 0.333. The van der Waals surface area contributed by atoms with Crippen LogP contribution in [0.5, 0.6) is 11.5 Å². The second kappa shape index (κ2) is 13.3. The zero-order valence-corrected chi connectivity index (χ0v) is 23.6. The molecule has 10 heteroatoms. The molecule has 2 amide bonds. The van der Waals surface area contributed by atoms with Crippen molar-refractivity contribution in [2.45, 2.75) is 31.8 Å². The Labute approximate surface area is 235 Å². The Kier molecular flexibility index (Phi) is 9.65. The van der Waals surface area contributed by atoms with Gasteiger partial charge in [0.15, 0.2) is 11.5 Å². The van der Waals surface area contributed by atoms with Crippen molar-refractivity contribution >= 4 is 27.5 Å². The summed E-state index contributed by atoms with van der Waals surface area (Å²) >= 11 is 0. The summed E-state index contributed by atoms with van der Waals surface area (Å²) < 4.78 is 37.8. The molecular weight excluding hydrogens is 530 g/mol. The van der Waals surface area contributed by atoms with E-state index in [1.807, 2.05) is 60.7 Å². The first-order valence-electron chi connectivity index (χ1n) is 13.2. The summed E-state index contributed by atoms with van der Waals surface area (Å²) in [5, 5.41) is 2.70. The molecule has 3 aromatic rings. The van der Waals surface area contributed by atoms with Gasteiger partial charge in [0.25, 0.3) is 0 Å². The summed E-state index contributed by atoms with van der Waals surface area (Å²) in [6, 6.07) is 23.3. The number of fused-ring (bicyclic) bond motifs is 1. The molecule has 0 aliphatic carbocycles. The number of anilines is 1. The van der Waals surface area contributed by atoms with Crippen molar-refractivity contribution in [2.24, 2.45) is 0 Å². The second-order valence-electron chi connectivity index (χ2n) is 9.59. The Balaban J connectivity index is 1.53. The number of hydrogen-bond acceptors (Lipinski definition) is 6. The number of benzene rings is 3. The van der Waals surface area contributed by atoms with Gasteiger partial charge in [-0.15, -0.1) is 0 Å². The van der Waals surface area contributed by atoms with Crippen LogP contribution in [0.3, 0.4) is 0 Å². The molecule has 0 unspecified atom stereocenters. The normalized spacial score (nSPS) is 13.2. The van der Waals surface area contributed by atoms with E-state index in [4.69, 9.17) is 9.47 Å². The maximum atomic E-state index is 13.7. The molecule has 0 spiro atoms. The van der Waals surface area contributed by atoms with Crippen LogP contribution in [-0.4, -0.2) is 64.2 Å². The molecule has 40 heavy (non-hydrogen) atoms. The number of ether oxygens (including phenoxy) is 2. The molecule has 1 aliphatic heterocycles. The van der Waals surface area contributed by atoms with Crippen LogP contribution in [0.4, 0.5) is 5.69 Å². The number of likely N-dealkylation sites (N-methyl/N-ethyl adjacent to an activating group) is 1. The van der Waals surface area contributed by atoms with Crippen LogP contribution in [0.15, 0.2) is 78.9 Å². The topological polar surface area (TPSA) is 105 Å². The first-order valence-corrected chi connectivity index (χ1v) is 15.1. The predicted octanol–water partition coefficient (Wildman–Crippen LogP) is 3.39. The zero-order valence-electron chi connectivity index (χ0n) is 22.8. The zero-order chi connectivity index (χ0) is 28.5. The first kappa shape index (κ1) is 28.9. The molecule has 1 N–H and O–H groups in total. The number of nitrogens with zero attached hydrogens (tertiary/aromatic N) is 2. The quantitative estimate of drug-likeness (QED) is 0.361. The van der Waals surface area contributed by atoms with Gasteiger partial charge >= 0.3 is 0 Å². The first-order chi connectivity index (χ1) is 19.3. The molecule has 0 saturated carbocycles. The van der Waals surface area contributed by atoms with E-state index >= 15 is 0 Å². The second-order valence-corrected chi connectivity index (χ2v) is 11.5. The summed E-state index contributed by atoms with van der Waals surface area (Å²) in [4.78, 5) is 28.3. The van der Waals surface area contributed by atoms with E-state index in [1.165, 1.54) is 4.31 Å². The van der Waals surface area contributed by atoms with Crippen LogP contribution in [0.25, 0.3) is 0 Å². The standard InChI is InChI=1S/C30H35N3O6S/c1-31-30(35)26(20-23-10-5-3-6-11-23)32(22-24-12-7-4-8-13-24)29(34)14-9-17-33(40(2,36)37)25-15-16-27-28(21-25)39-19-18-38-27/h3-8,10-13,15-16,21,26H,9,14,17-20,22H2,1-2H3,(H,31,35)/t26-/m1/s1. The van der Waals surface area contributed by atoms with Gasteiger partial charge < -0.3 is 19.7 Å². The molecule has 1 heterocycles. The van der Waals surface area contributed by atoms with Gasteiger partial charge in [-0.3, -0.25) is 13.9 Å². The lowest BCUT2D eigenvalue weighted by Gasteiger charge is -2.31. The molecule has 9 nitrogen and oxygen atoms in total. The number of carbonyl (C=O) groups excluding carboxylic acids is 2. The summed E-state index contributed by atoms with van der Waals surface area (Å²) in [5.41, 5.74) is 2.27.